The molecule has 1 aromatic carbocycles. The van der Waals surface area contributed by atoms with Crippen LogP contribution in [0.3, 0.4) is 0 Å². The van der Waals surface area contributed by atoms with E-state index >= 15 is 0 Å². The number of aryl methyl sites for hydroxylation is 2. The average Bonchev–Trinajstić information content (AvgIpc) is 2.40. The van der Waals surface area contributed by atoms with E-state index < -0.39 is 5.97 Å². The Bertz CT molecular complexity index is 445. The number of carbonyl (C=O) groups is 1. The summed E-state index contributed by atoms with van der Waals surface area (Å²) < 4.78 is 0. The Morgan fingerprint density at radius 1 is 1.26 bits per heavy atom. The molecular formula is C17H24O2. The fourth-order valence-corrected chi connectivity index (χ4v) is 3.41. The first-order chi connectivity index (χ1) is 9.08. The highest BCUT2D eigenvalue weighted by molar-refractivity contribution is 5.68. The summed E-state index contributed by atoms with van der Waals surface area (Å²) in [4.78, 5) is 11.2. The Labute approximate surface area is 115 Å². The lowest BCUT2D eigenvalue weighted by Crippen LogP contribution is -2.20. The van der Waals surface area contributed by atoms with E-state index in [9.17, 15) is 9.90 Å². The molecule has 0 heterocycles. The molecule has 0 spiro atoms. The molecule has 2 nitrogen and oxygen atoms in total. The fraction of sp³-hybridized carbons (Fsp3) is 0.588. The summed E-state index contributed by atoms with van der Waals surface area (Å²) >= 11 is 0. The Morgan fingerprint density at radius 3 is 2.58 bits per heavy atom. The summed E-state index contributed by atoms with van der Waals surface area (Å²) in [6.45, 7) is 4.19. The van der Waals surface area contributed by atoms with Gasteiger partial charge in [0.15, 0.2) is 0 Å². The van der Waals surface area contributed by atoms with Crippen LogP contribution in [0.25, 0.3) is 0 Å². The standard InChI is InChI=1S/C17H24O2/c1-12-8-9-13(2)15(10-12)16(11-17(18)19)14-6-4-3-5-7-14/h8-10,14,16H,3-7,11H2,1-2H3,(H,18,19). The Morgan fingerprint density at radius 2 is 1.95 bits per heavy atom. The normalized spacial score (nSPS) is 18.2. The van der Waals surface area contributed by atoms with E-state index in [4.69, 9.17) is 0 Å². The van der Waals surface area contributed by atoms with Gasteiger partial charge in [-0.05, 0) is 49.7 Å². The molecule has 0 saturated heterocycles. The first-order valence-corrected chi connectivity index (χ1v) is 7.37. The van der Waals surface area contributed by atoms with Crippen molar-refractivity contribution in [3.63, 3.8) is 0 Å². The third kappa shape index (κ3) is 3.59. The van der Waals surface area contributed by atoms with E-state index in [0.29, 0.717) is 5.92 Å². The summed E-state index contributed by atoms with van der Waals surface area (Å²) in [5, 5.41) is 9.24. The fourth-order valence-electron chi connectivity index (χ4n) is 3.41. The number of hydrogen-bond donors (Lipinski definition) is 1. The maximum absolute atomic E-state index is 11.2. The molecule has 2 rings (SSSR count). The summed E-state index contributed by atoms with van der Waals surface area (Å²) in [5.41, 5.74) is 3.73. The van der Waals surface area contributed by atoms with Crippen LogP contribution in [0.5, 0.6) is 0 Å². The van der Waals surface area contributed by atoms with Gasteiger partial charge in [0.2, 0.25) is 0 Å². The van der Waals surface area contributed by atoms with Gasteiger partial charge >= 0.3 is 5.97 Å². The topological polar surface area (TPSA) is 37.3 Å². The minimum Gasteiger partial charge on any atom is -0.481 e. The van der Waals surface area contributed by atoms with Gasteiger partial charge in [0.1, 0.15) is 0 Å². The van der Waals surface area contributed by atoms with E-state index in [-0.39, 0.29) is 12.3 Å². The van der Waals surface area contributed by atoms with Gasteiger partial charge in [0, 0.05) is 0 Å². The van der Waals surface area contributed by atoms with Crippen molar-refractivity contribution in [1.82, 2.24) is 0 Å². The summed E-state index contributed by atoms with van der Waals surface area (Å²) in [7, 11) is 0. The second kappa shape index (κ2) is 6.23. The predicted molar refractivity (Wildman–Crippen MR) is 77.5 cm³/mol. The molecule has 1 aromatic rings. The molecule has 1 N–H and O–H groups in total. The van der Waals surface area contributed by atoms with Crippen molar-refractivity contribution in [2.24, 2.45) is 5.92 Å². The van der Waals surface area contributed by atoms with Crippen molar-refractivity contribution in [3.8, 4) is 0 Å². The highest BCUT2D eigenvalue weighted by Crippen LogP contribution is 2.39. The predicted octanol–water partition coefficient (Wildman–Crippen LogP) is 4.44. The number of carboxylic acid groups (broad SMARTS) is 1. The zero-order valence-electron chi connectivity index (χ0n) is 12.0. The number of carboxylic acids is 1. The average molecular weight is 260 g/mol. The minimum atomic E-state index is -0.670. The van der Waals surface area contributed by atoms with Crippen LogP contribution in [-0.2, 0) is 4.79 Å². The van der Waals surface area contributed by atoms with Crippen LogP contribution >= 0.6 is 0 Å². The van der Waals surface area contributed by atoms with Crippen molar-refractivity contribution >= 4 is 5.97 Å². The Kier molecular flexibility index (Phi) is 4.62. The zero-order chi connectivity index (χ0) is 13.8. The lowest BCUT2D eigenvalue weighted by Gasteiger charge is -2.31. The molecule has 0 amide bonds. The van der Waals surface area contributed by atoms with Gasteiger partial charge in [-0.3, -0.25) is 4.79 Å². The van der Waals surface area contributed by atoms with Gasteiger partial charge in [-0.2, -0.15) is 0 Å². The van der Waals surface area contributed by atoms with Crippen molar-refractivity contribution in [2.45, 2.75) is 58.3 Å². The molecule has 0 aromatic heterocycles. The van der Waals surface area contributed by atoms with Gasteiger partial charge in [-0.25, -0.2) is 0 Å². The smallest absolute Gasteiger partial charge is 0.303 e. The monoisotopic (exact) mass is 260 g/mol. The highest BCUT2D eigenvalue weighted by atomic mass is 16.4. The van der Waals surface area contributed by atoms with Gasteiger partial charge in [-0.1, -0.05) is 43.0 Å². The molecular weight excluding hydrogens is 236 g/mol. The van der Waals surface area contributed by atoms with Crippen molar-refractivity contribution in [1.29, 1.82) is 0 Å². The van der Waals surface area contributed by atoms with Gasteiger partial charge in [0.25, 0.3) is 0 Å². The van der Waals surface area contributed by atoms with E-state index in [0.717, 1.165) is 0 Å². The van der Waals surface area contributed by atoms with Crippen LogP contribution in [0.1, 0.15) is 61.1 Å². The lowest BCUT2D eigenvalue weighted by atomic mass is 9.74. The van der Waals surface area contributed by atoms with Crippen molar-refractivity contribution in [3.05, 3.63) is 34.9 Å². The largest absolute Gasteiger partial charge is 0.481 e. The van der Waals surface area contributed by atoms with E-state index in [1.165, 1.54) is 48.8 Å². The van der Waals surface area contributed by atoms with E-state index in [1.54, 1.807) is 0 Å². The quantitative estimate of drug-likeness (QED) is 0.868. The lowest BCUT2D eigenvalue weighted by molar-refractivity contribution is -0.137. The number of benzene rings is 1. The third-order valence-corrected chi connectivity index (χ3v) is 4.45. The second-order valence-corrected chi connectivity index (χ2v) is 5.96. The molecule has 19 heavy (non-hydrogen) atoms. The zero-order valence-corrected chi connectivity index (χ0v) is 12.0. The van der Waals surface area contributed by atoms with Crippen LogP contribution in [-0.4, -0.2) is 11.1 Å². The van der Waals surface area contributed by atoms with Crippen LogP contribution < -0.4 is 0 Å². The van der Waals surface area contributed by atoms with Crippen LogP contribution in [0, 0.1) is 19.8 Å². The molecule has 0 bridgehead atoms. The van der Waals surface area contributed by atoms with Gasteiger partial charge < -0.3 is 5.11 Å². The molecule has 104 valence electrons. The first-order valence-electron chi connectivity index (χ1n) is 7.37. The SMILES string of the molecule is Cc1ccc(C)c(C(CC(=O)O)C2CCCCC2)c1. The Balaban J connectivity index is 2.29. The van der Waals surface area contributed by atoms with Crippen molar-refractivity contribution in [2.75, 3.05) is 0 Å². The number of aliphatic carboxylic acids is 1. The molecule has 1 aliphatic rings. The van der Waals surface area contributed by atoms with E-state index in [2.05, 4.69) is 32.0 Å². The molecule has 1 aliphatic carbocycles. The first kappa shape index (κ1) is 14.1. The van der Waals surface area contributed by atoms with Crippen LogP contribution in [0.2, 0.25) is 0 Å². The summed E-state index contributed by atoms with van der Waals surface area (Å²) in [6.07, 6.45) is 6.46. The van der Waals surface area contributed by atoms with Gasteiger partial charge in [-0.15, -0.1) is 0 Å². The molecule has 0 radical (unpaired) electrons. The molecule has 1 fully saturated rings. The van der Waals surface area contributed by atoms with Gasteiger partial charge in [0.05, 0.1) is 6.42 Å². The summed E-state index contributed by atoms with van der Waals surface area (Å²) in [6, 6.07) is 6.43. The van der Waals surface area contributed by atoms with Crippen molar-refractivity contribution < 1.29 is 9.90 Å². The molecule has 2 heteroatoms. The maximum Gasteiger partial charge on any atom is 0.303 e. The molecule has 1 atom stereocenters. The third-order valence-electron chi connectivity index (χ3n) is 4.45. The summed E-state index contributed by atoms with van der Waals surface area (Å²) in [5.74, 6) is 0.0690. The van der Waals surface area contributed by atoms with Crippen LogP contribution in [0.4, 0.5) is 0 Å². The molecule has 1 unspecified atom stereocenters. The number of rotatable bonds is 4. The second-order valence-electron chi connectivity index (χ2n) is 5.96. The maximum atomic E-state index is 11.2. The number of hydrogen-bond acceptors (Lipinski definition) is 1. The molecule has 0 aliphatic heterocycles. The molecule has 1 saturated carbocycles. The Hall–Kier alpha value is -1.31. The van der Waals surface area contributed by atoms with E-state index in [1.807, 2.05) is 0 Å². The highest BCUT2D eigenvalue weighted by Gasteiger charge is 2.28. The van der Waals surface area contributed by atoms with Crippen LogP contribution in [0.15, 0.2) is 18.2 Å². The minimum absolute atomic E-state index is 0.192.